The third-order valence-electron chi connectivity index (χ3n) is 4.19. The first-order valence-electron chi connectivity index (χ1n) is 7.56. The second kappa shape index (κ2) is 5.76. The minimum atomic E-state index is -0.886. The van der Waals surface area contributed by atoms with Crippen molar-refractivity contribution in [2.24, 2.45) is 0 Å². The summed E-state index contributed by atoms with van der Waals surface area (Å²) in [4.78, 5) is 14.3. The van der Waals surface area contributed by atoms with Crippen LogP contribution in [-0.2, 0) is 4.79 Å². The van der Waals surface area contributed by atoms with Gasteiger partial charge in [0.1, 0.15) is 0 Å². The molecule has 0 unspecified atom stereocenters. The summed E-state index contributed by atoms with van der Waals surface area (Å²) in [5.74, 6) is -0.886. The summed E-state index contributed by atoms with van der Waals surface area (Å²) in [5, 5.41) is 10.2. The molecule has 0 saturated carbocycles. The molecule has 0 aliphatic rings. The molecule has 3 aromatic rings. The number of aromatic nitrogens is 1. The molecule has 23 heavy (non-hydrogen) atoms. The Labute approximate surface area is 135 Å². The van der Waals surface area contributed by atoms with E-state index >= 15 is 0 Å². The Morgan fingerprint density at radius 3 is 2.61 bits per heavy atom. The summed E-state index contributed by atoms with van der Waals surface area (Å²) in [7, 11) is 0. The number of aryl methyl sites for hydroxylation is 2. The van der Waals surface area contributed by atoms with E-state index in [0.717, 1.165) is 27.8 Å². The van der Waals surface area contributed by atoms with E-state index in [1.807, 2.05) is 13.1 Å². The maximum atomic E-state index is 11.0. The third kappa shape index (κ3) is 2.90. The van der Waals surface area contributed by atoms with Gasteiger partial charge in [0, 0.05) is 17.3 Å². The number of H-pyrrole nitrogens is 1. The molecule has 1 aromatic heterocycles. The molecular weight excluding hydrogens is 286 g/mol. The SMILES string of the molecule is C/C(=C\c1cc(C)c(-c2ccc3cc[nH]c3c2)cc1C)C(=O)O. The van der Waals surface area contributed by atoms with Crippen LogP contribution in [0, 0.1) is 13.8 Å². The molecule has 0 amide bonds. The van der Waals surface area contributed by atoms with Gasteiger partial charge in [-0.1, -0.05) is 24.3 Å². The molecule has 2 N–H and O–H groups in total. The van der Waals surface area contributed by atoms with Crippen LogP contribution in [0.15, 0.2) is 48.2 Å². The highest BCUT2D eigenvalue weighted by Crippen LogP contribution is 2.29. The summed E-state index contributed by atoms with van der Waals surface area (Å²) in [6.45, 7) is 5.68. The second-order valence-corrected chi connectivity index (χ2v) is 5.94. The minimum absolute atomic E-state index is 0.341. The first kappa shape index (κ1) is 15.1. The molecule has 0 aliphatic heterocycles. The predicted octanol–water partition coefficient (Wildman–Crippen LogP) is 4.94. The molecule has 0 aliphatic carbocycles. The molecule has 0 fully saturated rings. The maximum Gasteiger partial charge on any atom is 0.331 e. The van der Waals surface area contributed by atoms with Crippen molar-refractivity contribution in [2.75, 3.05) is 0 Å². The van der Waals surface area contributed by atoms with Gasteiger partial charge in [0.15, 0.2) is 0 Å². The zero-order valence-electron chi connectivity index (χ0n) is 13.5. The Morgan fingerprint density at radius 1 is 1.09 bits per heavy atom. The van der Waals surface area contributed by atoms with Gasteiger partial charge in [-0.15, -0.1) is 0 Å². The smallest absolute Gasteiger partial charge is 0.331 e. The van der Waals surface area contributed by atoms with E-state index in [1.165, 1.54) is 10.9 Å². The van der Waals surface area contributed by atoms with E-state index in [4.69, 9.17) is 5.11 Å². The Bertz CT molecular complexity index is 932. The van der Waals surface area contributed by atoms with Crippen LogP contribution >= 0.6 is 0 Å². The largest absolute Gasteiger partial charge is 0.478 e. The second-order valence-electron chi connectivity index (χ2n) is 5.94. The topological polar surface area (TPSA) is 53.1 Å². The molecule has 1 heterocycles. The quantitative estimate of drug-likeness (QED) is 0.673. The van der Waals surface area contributed by atoms with Gasteiger partial charge in [-0.3, -0.25) is 0 Å². The van der Waals surface area contributed by atoms with E-state index in [1.54, 1.807) is 13.0 Å². The summed E-state index contributed by atoms with van der Waals surface area (Å²) < 4.78 is 0. The van der Waals surface area contributed by atoms with Gasteiger partial charge in [-0.2, -0.15) is 0 Å². The van der Waals surface area contributed by atoms with Crippen molar-refractivity contribution in [3.8, 4) is 11.1 Å². The van der Waals surface area contributed by atoms with Gasteiger partial charge in [0.05, 0.1) is 0 Å². The Kier molecular flexibility index (Phi) is 3.78. The fourth-order valence-corrected chi connectivity index (χ4v) is 2.82. The molecule has 3 nitrogen and oxygen atoms in total. The Hall–Kier alpha value is -2.81. The lowest BCUT2D eigenvalue weighted by atomic mass is 9.94. The summed E-state index contributed by atoms with van der Waals surface area (Å²) in [6.07, 6.45) is 3.66. The Balaban J connectivity index is 2.09. The highest BCUT2D eigenvalue weighted by Gasteiger charge is 2.08. The van der Waals surface area contributed by atoms with Gasteiger partial charge in [-0.25, -0.2) is 4.79 Å². The highest BCUT2D eigenvalue weighted by atomic mass is 16.4. The molecule has 0 saturated heterocycles. The molecule has 116 valence electrons. The van der Waals surface area contributed by atoms with Crippen LogP contribution in [0.25, 0.3) is 28.1 Å². The van der Waals surface area contributed by atoms with Crippen molar-refractivity contribution in [1.29, 1.82) is 0 Å². The summed E-state index contributed by atoms with van der Waals surface area (Å²) >= 11 is 0. The fourth-order valence-electron chi connectivity index (χ4n) is 2.82. The molecule has 3 heteroatoms. The first-order chi connectivity index (χ1) is 11.0. The van der Waals surface area contributed by atoms with E-state index in [0.29, 0.717) is 5.57 Å². The first-order valence-corrected chi connectivity index (χ1v) is 7.56. The maximum absolute atomic E-state index is 11.0. The van der Waals surface area contributed by atoms with Gasteiger partial charge >= 0.3 is 5.97 Å². The lowest BCUT2D eigenvalue weighted by molar-refractivity contribution is -0.132. The van der Waals surface area contributed by atoms with Crippen LogP contribution in [0.5, 0.6) is 0 Å². The normalized spacial score (nSPS) is 11.9. The number of hydrogen-bond donors (Lipinski definition) is 2. The average Bonchev–Trinajstić information content (AvgIpc) is 2.97. The van der Waals surface area contributed by atoms with E-state index < -0.39 is 5.97 Å². The molecule has 3 rings (SSSR count). The molecule has 2 aromatic carbocycles. The van der Waals surface area contributed by atoms with Crippen molar-refractivity contribution in [3.05, 3.63) is 64.9 Å². The number of fused-ring (bicyclic) bond motifs is 1. The van der Waals surface area contributed by atoms with Crippen molar-refractivity contribution in [2.45, 2.75) is 20.8 Å². The fraction of sp³-hybridized carbons (Fsp3) is 0.150. The van der Waals surface area contributed by atoms with Crippen molar-refractivity contribution >= 4 is 22.9 Å². The molecule has 0 spiro atoms. The van der Waals surface area contributed by atoms with Crippen LogP contribution in [0.1, 0.15) is 23.6 Å². The van der Waals surface area contributed by atoms with Crippen molar-refractivity contribution < 1.29 is 9.90 Å². The van der Waals surface area contributed by atoms with E-state index in [9.17, 15) is 4.79 Å². The van der Waals surface area contributed by atoms with Gasteiger partial charge in [0.2, 0.25) is 0 Å². The number of carboxylic acids is 1. The highest BCUT2D eigenvalue weighted by molar-refractivity contribution is 5.92. The minimum Gasteiger partial charge on any atom is -0.478 e. The zero-order valence-corrected chi connectivity index (χ0v) is 13.5. The molecular formula is C20H19NO2. The van der Waals surface area contributed by atoms with Gasteiger partial charge < -0.3 is 10.1 Å². The zero-order chi connectivity index (χ0) is 16.6. The number of benzene rings is 2. The number of carbonyl (C=O) groups is 1. The number of aromatic amines is 1. The van der Waals surface area contributed by atoms with Crippen LogP contribution in [0.4, 0.5) is 0 Å². The lowest BCUT2D eigenvalue weighted by Gasteiger charge is -2.11. The monoisotopic (exact) mass is 305 g/mol. The van der Waals surface area contributed by atoms with Crippen LogP contribution in [0.2, 0.25) is 0 Å². The van der Waals surface area contributed by atoms with Crippen LogP contribution in [0.3, 0.4) is 0 Å². The van der Waals surface area contributed by atoms with Gasteiger partial charge in [0.25, 0.3) is 0 Å². The Morgan fingerprint density at radius 2 is 1.87 bits per heavy atom. The number of aliphatic carboxylic acids is 1. The average molecular weight is 305 g/mol. The lowest BCUT2D eigenvalue weighted by Crippen LogP contribution is -1.97. The van der Waals surface area contributed by atoms with E-state index in [2.05, 4.69) is 48.3 Å². The third-order valence-corrected chi connectivity index (χ3v) is 4.19. The predicted molar refractivity (Wildman–Crippen MR) is 94.5 cm³/mol. The van der Waals surface area contributed by atoms with Crippen molar-refractivity contribution in [3.63, 3.8) is 0 Å². The van der Waals surface area contributed by atoms with Crippen molar-refractivity contribution in [1.82, 2.24) is 4.98 Å². The summed E-state index contributed by atoms with van der Waals surface area (Å²) in [5.41, 5.74) is 6.93. The molecule has 0 atom stereocenters. The number of carboxylic acid groups (broad SMARTS) is 1. The number of rotatable bonds is 3. The van der Waals surface area contributed by atoms with E-state index in [-0.39, 0.29) is 0 Å². The standard InChI is InChI=1S/C20H19NO2/c1-12-10-18(13(2)8-17(12)9-14(3)20(22)23)16-5-4-15-6-7-21-19(15)11-16/h4-11,21H,1-3H3,(H,22,23)/b14-9+. The van der Waals surface area contributed by atoms with Gasteiger partial charge in [-0.05, 0) is 72.2 Å². The van der Waals surface area contributed by atoms with Crippen LogP contribution < -0.4 is 0 Å². The summed E-state index contributed by atoms with van der Waals surface area (Å²) in [6, 6.07) is 12.6. The molecule has 0 radical (unpaired) electrons. The molecule has 0 bridgehead atoms. The van der Waals surface area contributed by atoms with Crippen LogP contribution in [-0.4, -0.2) is 16.1 Å². The number of nitrogens with one attached hydrogen (secondary N) is 1. The number of hydrogen-bond acceptors (Lipinski definition) is 1.